The number of nitrogens with one attached hydrogen (secondary N) is 1. The number of carbonyl (C=O) groups excluding carboxylic acids is 1. The number of hydrogen-bond acceptors (Lipinski definition) is 8. The summed E-state index contributed by atoms with van der Waals surface area (Å²) < 4.78 is 0. The second-order valence-electron chi connectivity index (χ2n) is 11.0. The lowest BCUT2D eigenvalue weighted by molar-refractivity contribution is -0.386. The average molecular weight is 527 g/mol. The molecule has 37 heavy (non-hydrogen) atoms. The summed E-state index contributed by atoms with van der Waals surface area (Å²) in [5.41, 5.74) is 2.62. The molecule has 2 fully saturated rings. The number of nitro groups is 1. The molecule has 10 heteroatoms. The number of aromatic nitrogens is 1. The van der Waals surface area contributed by atoms with Crippen LogP contribution in [0.1, 0.15) is 73.8 Å². The van der Waals surface area contributed by atoms with E-state index in [0.29, 0.717) is 41.3 Å². The van der Waals surface area contributed by atoms with Crippen molar-refractivity contribution in [2.75, 3.05) is 12.4 Å². The zero-order valence-electron chi connectivity index (χ0n) is 21.5. The monoisotopic (exact) mass is 526 g/mol. The number of phenolic OH excluding ortho intramolecular Hbond substituents is 1. The van der Waals surface area contributed by atoms with Crippen molar-refractivity contribution in [2.24, 2.45) is 28.3 Å². The summed E-state index contributed by atoms with van der Waals surface area (Å²) in [4.78, 5) is 34.3. The smallest absolute Gasteiger partial charge is 0.314 e. The zero-order chi connectivity index (χ0) is 26.3. The number of benzene rings is 1. The molecule has 5 atom stereocenters. The number of carbonyl (C=O) groups is 1. The second-order valence-corrected chi connectivity index (χ2v) is 12.2. The molecule has 9 nitrogen and oxygen atoms in total. The number of amides is 1. The van der Waals surface area contributed by atoms with Gasteiger partial charge in [0.15, 0.2) is 10.9 Å². The van der Waals surface area contributed by atoms with Gasteiger partial charge >= 0.3 is 5.69 Å². The van der Waals surface area contributed by atoms with Gasteiger partial charge in [0.2, 0.25) is 5.91 Å². The minimum atomic E-state index is -0.443. The molecule has 0 saturated heterocycles. The molecule has 3 unspecified atom stereocenters. The summed E-state index contributed by atoms with van der Waals surface area (Å²) in [5.74, 6) is 1.07. The van der Waals surface area contributed by atoms with Gasteiger partial charge in [0.05, 0.1) is 10.6 Å². The molecule has 0 radical (unpaired) electrons. The number of phenols is 1. The summed E-state index contributed by atoms with van der Waals surface area (Å²) in [6.45, 7) is 4.27. The molecule has 2 saturated carbocycles. The van der Waals surface area contributed by atoms with Crippen LogP contribution in [0.5, 0.6) is 5.75 Å². The second kappa shape index (κ2) is 10.0. The minimum Gasteiger partial charge on any atom is -0.502 e. The molecule has 0 spiro atoms. The van der Waals surface area contributed by atoms with E-state index >= 15 is 0 Å². The molecular formula is C27H34N4O5S. The first-order valence-electron chi connectivity index (χ1n) is 13.0. The van der Waals surface area contributed by atoms with Gasteiger partial charge in [-0.3, -0.25) is 14.9 Å². The number of aryl methyl sites for hydroxylation is 1. The van der Waals surface area contributed by atoms with E-state index in [4.69, 9.17) is 4.84 Å². The molecule has 2 N–H and O–H groups in total. The van der Waals surface area contributed by atoms with E-state index in [1.807, 2.05) is 13.0 Å². The van der Waals surface area contributed by atoms with Crippen molar-refractivity contribution >= 4 is 33.8 Å². The molecule has 1 aromatic heterocycles. The van der Waals surface area contributed by atoms with Crippen molar-refractivity contribution in [1.82, 2.24) is 4.98 Å². The fourth-order valence-electron chi connectivity index (χ4n) is 7.56. The molecule has 0 bridgehead atoms. The molecule has 3 aliphatic rings. The van der Waals surface area contributed by atoms with Gasteiger partial charge in [0.25, 0.3) is 0 Å². The first-order valence-corrected chi connectivity index (χ1v) is 13.9. The number of nitro benzene ring substituents is 1. The minimum absolute atomic E-state index is 0.0128. The van der Waals surface area contributed by atoms with Crippen molar-refractivity contribution < 1.29 is 19.7 Å². The largest absolute Gasteiger partial charge is 0.502 e. The van der Waals surface area contributed by atoms with E-state index in [0.717, 1.165) is 54.7 Å². The fourth-order valence-corrected chi connectivity index (χ4v) is 8.24. The molecule has 1 heterocycles. The van der Waals surface area contributed by atoms with Crippen LogP contribution >= 0.6 is 11.3 Å². The Labute approximate surface area is 220 Å². The third-order valence-electron chi connectivity index (χ3n) is 8.97. The predicted molar refractivity (Wildman–Crippen MR) is 142 cm³/mol. The van der Waals surface area contributed by atoms with Gasteiger partial charge in [0, 0.05) is 28.5 Å². The predicted octanol–water partition coefficient (Wildman–Crippen LogP) is 5.96. The van der Waals surface area contributed by atoms with E-state index in [-0.39, 0.29) is 28.7 Å². The summed E-state index contributed by atoms with van der Waals surface area (Å²) >= 11 is 1.47. The van der Waals surface area contributed by atoms with Crippen molar-refractivity contribution in [3.63, 3.8) is 0 Å². The van der Waals surface area contributed by atoms with Crippen LogP contribution in [0.4, 0.5) is 10.8 Å². The summed E-state index contributed by atoms with van der Waals surface area (Å²) in [6.07, 6.45) is 8.06. The number of rotatable bonds is 7. The molecule has 3 aliphatic carbocycles. The third-order valence-corrected chi connectivity index (χ3v) is 9.79. The first kappa shape index (κ1) is 25.6. The standard InChI is InChI=1S/C27H34N4O5S/c1-15-14-28-26(37-15)29-23(33)6-4-5-16-13-22(30-36-3)27(2)12-11-18-17-9-10-21(32)25(31(34)35)20(17)8-7-19(18)24(16)27/h9-10,14,16,18-19,24,32H,4-8,11-13H2,1-3H3,(H,28,29,33)/b30-22+/t16-,18?,19?,24?,27-/m1/s1. The lowest BCUT2D eigenvalue weighted by atomic mass is 9.53. The van der Waals surface area contributed by atoms with Crippen LogP contribution in [0.15, 0.2) is 23.5 Å². The number of nitrogens with zero attached hydrogens (tertiary/aromatic N) is 3. The van der Waals surface area contributed by atoms with Crippen LogP contribution in [-0.2, 0) is 16.1 Å². The van der Waals surface area contributed by atoms with Crippen molar-refractivity contribution in [3.05, 3.63) is 44.4 Å². The zero-order valence-corrected chi connectivity index (χ0v) is 22.3. The van der Waals surface area contributed by atoms with Crippen LogP contribution in [0.25, 0.3) is 0 Å². The number of thiazole rings is 1. The van der Waals surface area contributed by atoms with Crippen molar-refractivity contribution in [1.29, 1.82) is 0 Å². The van der Waals surface area contributed by atoms with Crippen LogP contribution in [-0.4, -0.2) is 33.7 Å². The van der Waals surface area contributed by atoms with Gasteiger partial charge in [-0.25, -0.2) is 4.98 Å². The van der Waals surface area contributed by atoms with E-state index in [9.17, 15) is 20.0 Å². The van der Waals surface area contributed by atoms with Gasteiger partial charge in [-0.15, -0.1) is 11.3 Å². The number of aromatic hydroxyl groups is 1. The maximum atomic E-state index is 12.5. The highest BCUT2D eigenvalue weighted by Crippen LogP contribution is 2.63. The topological polar surface area (TPSA) is 127 Å². The number of hydrogen-bond donors (Lipinski definition) is 2. The quantitative estimate of drug-likeness (QED) is 0.339. The van der Waals surface area contributed by atoms with Crippen molar-refractivity contribution in [3.8, 4) is 5.75 Å². The molecule has 198 valence electrons. The maximum Gasteiger partial charge on any atom is 0.314 e. The normalized spacial score (nSPS) is 29.3. The third kappa shape index (κ3) is 4.60. The van der Waals surface area contributed by atoms with E-state index in [1.54, 1.807) is 13.3 Å². The van der Waals surface area contributed by atoms with Gasteiger partial charge in [-0.05, 0) is 87.2 Å². The highest BCUT2D eigenvalue weighted by molar-refractivity contribution is 7.15. The molecule has 2 aromatic rings. The molecule has 1 amide bonds. The number of anilines is 1. The lowest BCUT2D eigenvalue weighted by Gasteiger charge is -2.50. The Bertz CT molecular complexity index is 1240. The van der Waals surface area contributed by atoms with Gasteiger partial charge < -0.3 is 15.3 Å². The van der Waals surface area contributed by atoms with Crippen LogP contribution in [0.2, 0.25) is 0 Å². The van der Waals surface area contributed by atoms with Gasteiger partial charge in [-0.2, -0.15) is 0 Å². The maximum absolute atomic E-state index is 12.5. The molecule has 1 aromatic carbocycles. The Balaban J connectivity index is 1.36. The Hall–Kier alpha value is -3.01. The van der Waals surface area contributed by atoms with E-state index in [1.165, 1.54) is 17.4 Å². The fraction of sp³-hybridized carbons (Fsp3) is 0.593. The molecule has 0 aliphatic heterocycles. The van der Waals surface area contributed by atoms with Crippen LogP contribution < -0.4 is 5.32 Å². The average Bonchev–Trinajstić information content (AvgIpc) is 3.38. The Morgan fingerprint density at radius 3 is 2.92 bits per heavy atom. The van der Waals surface area contributed by atoms with E-state index < -0.39 is 4.92 Å². The number of oxime groups is 1. The number of fused-ring (bicyclic) bond motifs is 5. The highest BCUT2D eigenvalue weighted by Gasteiger charge is 2.58. The van der Waals surface area contributed by atoms with Crippen molar-refractivity contribution in [2.45, 2.75) is 71.1 Å². The van der Waals surface area contributed by atoms with Crippen LogP contribution in [0, 0.1) is 40.2 Å². The Morgan fingerprint density at radius 2 is 2.22 bits per heavy atom. The SMILES string of the molecule is CO/N=C1\C[C@@H](CCCC(=O)Nc2ncc(C)s2)C2C3CCc4c(ccc(O)c4[N+](=O)[O-])C3CC[C@]12C. The van der Waals surface area contributed by atoms with Gasteiger partial charge in [0.1, 0.15) is 7.11 Å². The molecular weight excluding hydrogens is 492 g/mol. The molecule has 5 rings (SSSR count). The highest BCUT2D eigenvalue weighted by atomic mass is 32.1. The first-order chi connectivity index (χ1) is 17.7. The summed E-state index contributed by atoms with van der Waals surface area (Å²) in [6, 6.07) is 3.38. The summed E-state index contributed by atoms with van der Waals surface area (Å²) in [7, 11) is 1.59. The van der Waals surface area contributed by atoms with E-state index in [2.05, 4.69) is 22.4 Å². The van der Waals surface area contributed by atoms with Gasteiger partial charge in [-0.1, -0.05) is 18.1 Å². The summed E-state index contributed by atoms with van der Waals surface area (Å²) in [5, 5.41) is 29.9. The van der Waals surface area contributed by atoms with Crippen LogP contribution in [0.3, 0.4) is 0 Å². The Morgan fingerprint density at radius 1 is 1.41 bits per heavy atom. The Kier molecular flexibility index (Phi) is 6.95. The lowest BCUT2D eigenvalue weighted by Crippen LogP contribution is -2.44.